The molecule has 4 saturated heterocycles. The molecule has 49 heavy (non-hydrogen) atoms. The zero-order chi connectivity index (χ0) is 37.3. The minimum absolute atomic E-state index is 0.203. The van der Waals surface area contributed by atoms with E-state index in [1.165, 1.54) is 0 Å². The van der Waals surface area contributed by atoms with Crippen molar-refractivity contribution in [2.24, 2.45) is 5.92 Å². The fourth-order valence-electron chi connectivity index (χ4n) is 5.19. The average molecular weight is 731 g/mol. The molecule has 0 aromatic heterocycles. The first-order valence-electron chi connectivity index (χ1n) is 15.1. The van der Waals surface area contributed by atoms with E-state index in [1.807, 2.05) is 0 Å². The molecule has 20 atom stereocenters. The number of rotatable bonds is 8. The molecule has 0 bridgehead atoms. The van der Waals surface area contributed by atoms with E-state index in [0.29, 0.717) is 0 Å². The lowest BCUT2D eigenvalue weighted by Gasteiger charge is -2.41. The molecule has 4 heterocycles. The van der Waals surface area contributed by atoms with Crippen molar-refractivity contribution in [3.05, 3.63) is 0 Å². The summed E-state index contributed by atoms with van der Waals surface area (Å²) >= 11 is 0. The van der Waals surface area contributed by atoms with Crippen molar-refractivity contribution in [1.82, 2.24) is 0 Å². The predicted octanol–water partition coefficient (Wildman–Crippen LogP) is -11.5. The van der Waals surface area contributed by atoms with Crippen LogP contribution in [0.3, 0.4) is 0 Å². The van der Waals surface area contributed by atoms with Crippen LogP contribution in [-0.4, -0.2) is 248 Å². The first kappa shape index (κ1) is 44.2. The molecule has 0 aliphatic carbocycles. The van der Waals surface area contributed by atoms with Gasteiger partial charge in [0.05, 0.1) is 51.8 Å². The van der Waals surface area contributed by atoms with E-state index in [4.69, 9.17) is 70.4 Å². The summed E-state index contributed by atoms with van der Waals surface area (Å²) in [7, 11) is 0. The highest BCUT2D eigenvalue weighted by atomic mass is 16.7. The normalized spacial score (nSPS) is 48.9. The summed E-state index contributed by atoms with van der Waals surface area (Å²) in [6, 6.07) is 0. The van der Waals surface area contributed by atoms with Crippen LogP contribution in [0.25, 0.3) is 0 Å². The minimum atomic E-state index is -1.63. The van der Waals surface area contributed by atoms with Gasteiger partial charge in [-0.05, 0) is 0 Å². The molecule has 23 heteroatoms. The summed E-state index contributed by atoms with van der Waals surface area (Å²) in [6.45, 7) is -2.58. The molecule has 0 spiro atoms. The minimum Gasteiger partial charge on any atom is -0.394 e. The van der Waals surface area contributed by atoms with E-state index >= 15 is 0 Å². The van der Waals surface area contributed by atoms with E-state index in [2.05, 4.69) is 9.47 Å². The Balaban J connectivity index is 0.000000289. The van der Waals surface area contributed by atoms with Crippen LogP contribution in [0.4, 0.5) is 0 Å². The first-order chi connectivity index (χ1) is 23.0. The van der Waals surface area contributed by atoms with Gasteiger partial charge in [0.1, 0.15) is 85.5 Å². The smallest absolute Gasteiger partial charge is 0.184 e. The van der Waals surface area contributed by atoms with Crippen LogP contribution in [0.2, 0.25) is 0 Å². The molecule has 0 radical (unpaired) electrons. The third-order valence-electron chi connectivity index (χ3n) is 8.37. The molecule has 0 amide bonds. The molecule has 4 aliphatic rings. The molecule has 0 aromatic rings. The molecule has 18 N–H and O–H groups in total. The van der Waals surface area contributed by atoms with E-state index in [0.717, 1.165) is 0 Å². The lowest BCUT2D eigenvalue weighted by molar-refractivity contribution is -0.286. The van der Waals surface area contributed by atoms with Gasteiger partial charge in [-0.3, -0.25) is 0 Å². The lowest BCUT2D eigenvalue weighted by atomic mass is 9.90. The predicted molar refractivity (Wildman–Crippen MR) is 150 cm³/mol. The highest BCUT2D eigenvalue weighted by Gasteiger charge is 2.46. The quantitative estimate of drug-likeness (QED) is 0.110. The SMILES string of the molecule is OCC1O[C@@H](O)C(O)[C@H](O)[C@@H]1COC[C@@H]1OC(CO)[C@H](O)[C@@H](O)C1O.OCC1O[C@@H](O)C(O)[C@H](O)[C@@H]1O.OCC1O[C@@H](O)C(O)[C@H](O)[C@H]1O. The van der Waals surface area contributed by atoms with Crippen LogP contribution in [0.1, 0.15) is 0 Å². The molecule has 23 nitrogen and oxygen atoms in total. The zero-order valence-electron chi connectivity index (χ0n) is 25.9. The molecule has 4 rings (SSSR count). The summed E-state index contributed by atoms with van der Waals surface area (Å²) in [5, 5.41) is 166. The zero-order valence-corrected chi connectivity index (χ0v) is 25.9. The van der Waals surface area contributed by atoms with Gasteiger partial charge in [0, 0.05) is 5.92 Å². The molecular formula is C26H50O23. The van der Waals surface area contributed by atoms with Gasteiger partial charge >= 0.3 is 0 Å². The van der Waals surface area contributed by atoms with Crippen molar-refractivity contribution >= 4 is 0 Å². The highest BCUT2D eigenvalue weighted by molar-refractivity contribution is 4.93. The Kier molecular flexibility index (Phi) is 18.4. The summed E-state index contributed by atoms with van der Waals surface area (Å²) in [5.41, 5.74) is 0. The van der Waals surface area contributed by atoms with Crippen molar-refractivity contribution in [2.75, 3.05) is 39.6 Å². The van der Waals surface area contributed by atoms with Crippen molar-refractivity contribution < 1.29 is 116 Å². The topological polar surface area (TPSA) is 410 Å². The molecule has 0 saturated carbocycles. The largest absolute Gasteiger partial charge is 0.394 e. The Hall–Kier alpha value is -0.920. The summed E-state index contributed by atoms with van der Waals surface area (Å²) < 4.78 is 24.8. The summed E-state index contributed by atoms with van der Waals surface area (Å²) in [6.07, 6.45) is -26.2. The number of aliphatic hydroxyl groups excluding tert-OH is 18. The molecule has 0 aromatic carbocycles. The van der Waals surface area contributed by atoms with Gasteiger partial charge in [-0.1, -0.05) is 0 Å². The Labute approximate surface area is 278 Å². The van der Waals surface area contributed by atoms with Gasteiger partial charge in [0.15, 0.2) is 18.9 Å². The van der Waals surface area contributed by atoms with Crippen molar-refractivity contribution in [3.63, 3.8) is 0 Å². The first-order valence-corrected chi connectivity index (χ1v) is 15.1. The van der Waals surface area contributed by atoms with E-state index < -0.39 is 149 Å². The maximum Gasteiger partial charge on any atom is 0.184 e. The number of aliphatic hydroxyl groups is 18. The summed E-state index contributed by atoms with van der Waals surface area (Å²) in [5.74, 6) is -0.853. The fraction of sp³-hybridized carbons (Fsp3) is 1.00. The number of ether oxygens (including phenoxy) is 5. The van der Waals surface area contributed by atoms with Gasteiger partial charge in [-0.2, -0.15) is 0 Å². The number of hydrogen-bond acceptors (Lipinski definition) is 23. The van der Waals surface area contributed by atoms with Crippen LogP contribution < -0.4 is 0 Å². The van der Waals surface area contributed by atoms with Gasteiger partial charge in [0.25, 0.3) is 0 Å². The van der Waals surface area contributed by atoms with Crippen molar-refractivity contribution in [3.8, 4) is 0 Å². The molecule has 4 fully saturated rings. The Morgan fingerprint density at radius 3 is 1.00 bits per heavy atom. The third-order valence-corrected chi connectivity index (χ3v) is 8.37. The standard InChI is InChI=1S/C14H26O11.2C6H12O6/c15-1-6-5(9(17)13(21)14(22)25-6)3-23-4-8-11(19)12(20)10(18)7(2-16)24-8;2*7-1-2-3(8)4(9)5(10)6(11)12-2/h5-22H,1-4H2;2*2-11H,1H2/t5-,6?,7?,8+,9-,10+,11?,12-,13?,14-;2?,3-,4+,5?,6+;2?,3-,4-,5?,6-/m101/s1. The molecule has 8 unspecified atom stereocenters. The van der Waals surface area contributed by atoms with Crippen LogP contribution in [0.5, 0.6) is 0 Å². The summed E-state index contributed by atoms with van der Waals surface area (Å²) in [4.78, 5) is 0. The van der Waals surface area contributed by atoms with Crippen LogP contribution in [0, 0.1) is 5.92 Å². The highest BCUT2D eigenvalue weighted by Crippen LogP contribution is 2.27. The molecule has 292 valence electrons. The van der Waals surface area contributed by atoms with E-state index in [-0.39, 0.29) is 13.2 Å². The second kappa shape index (κ2) is 20.4. The van der Waals surface area contributed by atoms with Crippen LogP contribution >= 0.6 is 0 Å². The Morgan fingerprint density at radius 2 is 0.612 bits per heavy atom. The molecule has 4 aliphatic heterocycles. The van der Waals surface area contributed by atoms with Crippen LogP contribution in [0.15, 0.2) is 0 Å². The van der Waals surface area contributed by atoms with Gasteiger partial charge in [0.2, 0.25) is 0 Å². The maximum absolute atomic E-state index is 9.99. The fourth-order valence-corrected chi connectivity index (χ4v) is 5.19. The second-order valence-corrected chi connectivity index (χ2v) is 11.7. The van der Waals surface area contributed by atoms with E-state index in [9.17, 15) is 35.7 Å². The monoisotopic (exact) mass is 730 g/mol. The van der Waals surface area contributed by atoms with Crippen LogP contribution in [-0.2, 0) is 23.7 Å². The number of hydrogen-bond donors (Lipinski definition) is 18. The maximum atomic E-state index is 9.99. The lowest BCUT2D eigenvalue weighted by Crippen LogP contribution is -2.60. The van der Waals surface area contributed by atoms with E-state index in [1.54, 1.807) is 0 Å². The van der Waals surface area contributed by atoms with Crippen molar-refractivity contribution in [1.29, 1.82) is 0 Å². The third kappa shape index (κ3) is 11.0. The average Bonchev–Trinajstić information content (AvgIpc) is 3.09. The van der Waals surface area contributed by atoms with Gasteiger partial charge in [-0.15, -0.1) is 0 Å². The van der Waals surface area contributed by atoms with Gasteiger partial charge < -0.3 is 116 Å². The van der Waals surface area contributed by atoms with Crippen molar-refractivity contribution in [2.45, 2.75) is 117 Å². The second-order valence-electron chi connectivity index (χ2n) is 11.7. The Bertz CT molecular complexity index is 875. The Morgan fingerprint density at radius 1 is 0.306 bits per heavy atom. The molecular weight excluding hydrogens is 680 g/mol. The van der Waals surface area contributed by atoms with Gasteiger partial charge in [-0.25, -0.2) is 0 Å².